The summed E-state index contributed by atoms with van der Waals surface area (Å²) in [6, 6.07) is 0. The maximum absolute atomic E-state index is 13.9. The van der Waals surface area contributed by atoms with E-state index < -0.39 is 35.6 Å². The molecular weight excluding hydrogens is 298 g/mol. The molecule has 0 radical (unpaired) electrons. The summed E-state index contributed by atoms with van der Waals surface area (Å²) in [6.45, 7) is 3.34. The van der Waals surface area contributed by atoms with E-state index in [0.29, 0.717) is 4.57 Å². The highest BCUT2D eigenvalue weighted by atomic mass is 35.5. The molecule has 0 unspecified atom stereocenters. The molecule has 1 aliphatic heterocycles. The number of rotatable bonds is 3. The molecule has 0 saturated carbocycles. The van der Waals surface area contributed by atoms with Gasteiger partial charge in [0, 0.05) is 6.20 Å². The number of nitrogens with one attached hydrogen (secondary N) is 1. The monoisotopic (exact) mass is 308 g/mol. The molecule has 3 atom stereocenters. The van der Waals surface area contributed by atoms with Crippen LogP contribution in [0.5, 0.6) is 0 Å². The van der Waals surface area contributed by atoms with E-state index in [0.717, 1.165) is 12.3 Å². The van der Waals surface area contributed by atoms with Crippen LogP contribution in [0.25, 0.3) is 6.08 Å². The Morgan fingerprint density at radius 1 is 1.60 bits per heavy atom. The number of alkyl halides is 3. The smallest absolute Gasteiger partial charge is 0.330 e. The average molecular weight is 309 g/mol. The molecule has 2 rings (SSSR count). The fraction of sp³-hybridized carbons (Fsp3) is 0.455. The molecule has 0 bridgehead atoms. The second-order valence-corrected chi connectivity index (χ2v) is 4.56. The van der Waals surface area contributed by atoms with Crippen LogP contribution >= 0.6 is 11.6 Å². The van der Waals surface area contributed by atoms with Crippen LogP contribution in [-0.2, 0) is 4.74 Å². The normalized spacial score (nSPS) is 28.5. The number of hydrogen-bond donors (Lipinski definition) is 2. The summed E-state index contributed by atoms with van der Waals surface area (Å²) in [4.78, 5) is 24.8. The first kappa shape index (κ1) is 14.9. The molecular formula is C11H11ClF2N2O4. The maximum atomic E-state index is 13.9. The van der Waals surface area contributed by atoms with Crippen molar-refractivity contribution in [3.05, 3.63) is 39.2 Å². The van der Waals surface area contributed by atoms with Gasteiger partial charge in [0.15, 0.2) is 0 Å². The largest absolute Gasteiger partial charge is 0.384 e. The average Bonchev–Trinajstić information content (AvgIpc) is 2.62. The minimum absolute atomic E-state index is 0.0761. The first-order valence-electron chi connectivity index (χ1n) is 5.58. The van der Waals surface area contributed by atoms with Crippen LogP contribution in [0.3, 0.4) is 0 Å². The van der Waals surface area contributed by atoms with Crippen molar-refractivity contribution in [3.63, 3.8) is 0 Å². The van der Waals surface area contributed by atoms with Gasteiger partial charge in [-0.05, 0) is 0 Å². The molecule has 1 aliphatic rings. The van der Waals surface area contributed by atoms with E-state index in [1.54, 1.807) is 0 Å². The molecule has 0 spiro atoms. The Hall–Kier alpha value is -1.51. The van der Waals surface area contributed by atoms with E-state index in [1.807, 2.05) is 4.98 Å². The van der Waals surface area contributed by atoms with Gasteiger partial charge in [0.1, 0.15) is 12.2 Å². The van der Waals surface area contributed by atoms with Crippen LogP contribution in [0.15, 0.2) is 22.4 Å². The number of aliphatic hydroxyl groups excluding tert-OH is 1. The Balaban J connectivity index is 2.54. The Labute approximate surface area is 116 Å². The molecule has 1 aromatic heterocycles. The van der Waals surface area contributed by atoms with Gasteiger partial charge < -0.3 is 9.84 Å². The van der Waals surface area contributed by atoms with E-state index in [2.05, 4.69) is 6.58 Å². The molecule has 2 heterocycles. The lowest BCUT2D eigenvalue weighted by Crippen LogP contribution is -2.43. The standard InChI is InChI=1S/C11H11ClF2N2O4/c1-2-5-4-16(10(19)15-8(5)18)9-11(13,14)7(17)6(3-12)20-9/h2,4,6-7,9,17H,1,3H2,(H,15,18,19)/t6-,7-,9-/m1/s1. The van der Waals surface area contributed by atoms with Crippen molar-refractivity contribution >= 4 is 17.7 Å². The van der Waals surface area contributed by atoms with Gasteiger partial charge in [-0.1, -0.05) is 12.7 Å². The third-order valence-electron chi connectivity index (χ3n) is 3.00. The van der Waals surface area contributed by atoms with E-state index in [-0.39, 0.29) is 11.4 Å². The minimum Gasteiger partial charge on any atom is -0.384 e. The van der Waals surface area contributed by atoms with Crippen molar-refractivity contribution in [1.82, 2.24) is 9.55 Å². The fourth-order valence-corrected chi connectivity index (χ4v) is 2.16. The van der Waals surface area contributed by atoms with Gasteiger partial charge >= 0.3 is 11.6 Å². The lowest BCUT2D eigenvalue weighted by atomic mass is 10.1. The van der Waals surface area contributed by atoms with Crippen LogP contribution in [0.4, 0.5) is 8.78 Å². The van der Waals surface area contributed by atoms with Gasteiger partial charge in [-0.3, -0.25) is 14.3 Å². The Morgan fingerprint density at radius 3 is 2.75 bits per heavy atom. The summed E-state index contributed by atoms with van der Waals surface area (Å²) in [5.41, 5.74) is -1.91. The lowest BCUT2D eigenvalue weighted by molar-refractivity contribution is -0.140. The number of nitrogens with zero attached hydrogens (tertiary/aromatic N) is 1. The zero-order valence-corrected chi connectivity index (χ0v) is 10.8. The highest BCUT2D eigenvalue weighted by Crippen LogP contribution is 2.42. The summed E-state index contributed by atoms with van der Waals surface area (Å²) in [6.07, 6.45) is -3.50. The highest BCUT2D eigenvalue weighted by molar-refractivity contribution is 6.18. The van der Waals surface area contributed by atoms with Gasteiger partial charge in [-0.15, -0.1) is 11.6 Å². The van der Waals surface area contributed by atoms with E-state index in [1.165, 1.54) is 0 Å². The quantitative estimate of drug-likeness (QED) is 0.787. The molecule has 6 nitrogen and oxygen atoms in total. The third kappa shape index (κ3) is 2.19. The van der Waals surface area contributed by atoms with Crippen LogP contribution in [0, 0.1) is 0 Å². The molecule has 1 saturated heterocycles. The molecule has 0 amide bonds. The predicted octanol–water partition coefficient (Wildman–Crippen LogP) is 0.312. The molecule has 9 heteroatoms. The maximum Gasteiger partial charge on any atom is 0.330 e. The number of aromatic amines is 1. The Kier molecular flexibility index (Phi) is 3.81. The van der Waals surface area contributed by atoms with Crippen molar-refractivity contribution in [2.75, 3.05) is 5.88 Å². The highest BCUT2D eigenvalue weighted by Gasteiger charge is 2.59. The molecule has 20 heavy (non-hydrogen) atoms. The molecule has 2 N–H and O–H groups in total. The van der Waals surface area contributed by atoms with Gasteiger partial charge in [0.25, 0.3) is 5.56 Å². The molecule has 1 aromatic rings. The number of aliphatic hydroxyl groups is 1. The first-order chi connectivity index (χ1) is 9.32. The van der Waals surface area contributed by atoms with Crippen LogP contribution < -0.4 is 11.2 Å². The summed E-state index contributed by atoms with van der Waals surface area (Å²) in [5.74, 6) is -4.08. The van der Waals surface area contributed by atoms with E-state index >= 15 is 0 Å². The van der Waals surface area contributed by atoms with E-state index in [4.69, 9.17) is 16.3 Å². The van der Waals surface area contributed by atoms with E-state index in [9.17, 15) is 23.5 Å². The summed E-state index contributed by atoms with van der Waals surface area (Å²) < 4.78 is 33.3. The zero-order valence-electron chi connectivity index (χ0n) is 10.1. The first-order valence-corrected chi connectivity index (χ1v) is 6.11. The fourth-order valence-electron chi connectivity index (χ4n) is 1.92. The lowest BCUT2D eigenvalue weighted by Gasteiger charge is -2.21. The molecule has 0 aliphatic carbocycles. The molecule has 1 fully saturated rings. The molecule has 0 aromatic carbocycles. The van der Waals surface area contributed by atoms with Crippen molar-refractivity contribution in [2.45, 2.75) is 24.4 Å². The van der Waals surface area contributed by atoms with Crippen molar-refractivity contribution in [1.29, 1.82) is 0 Å². The number of halogens is 3. The van der Waals surface area contributed by atoms with Gasteiger partial charge in [-0.25, -0.2) is 4.79 Å². The Morgan fingerprint density at radius 2 is 2.25 bits per heavy atom. The summed E-state index contributed by atoms with van der Waals surface area (Å²) >= 11 is 5.43. The summed E-state index contributed by atoms with van der Waals surface area (Å²) in [5, 5.41) is 9.45. The minimum atomic E-state index is -3.72. The number of ether oxygens (including phenoxy) is 1. The summed E-state index contributed by atoms with van der Waals surface area (Å²) in [7, 11) is 0. The van der Waals surface area contributed by atoms with Crippen LogP contribution in [0.2, 0.25) is 0 Å². The van der Waals surface area contributed by atoms with Gasteiger partial charge in [-0.2, -0.15) is 8.78 Å². The third-order valence-corrected chi connectivity index (χ3v) is 3.30. The number of H-pyrrole nitrogens is 1. The van der Waals surface area contributed by atoms with Gasteiger partial charge in [0.2, 0.25) is 6.23 Å². The van der Waals surface area contributed by atoms with Crippen molar-refractivity contribution in [2.24, 2.45) is 0 Å². The number of aromatic nitrogens is 2. The van der Waals surface area contributed by atoms with Crippen LogP contribution in [-0.4, -0.2) is 38.7 Å². The molecule has 110 valence electrons. The Bertz CT molecular complexity index is 642. The topological polar surface area (TPSA) is 84.3 Å². The van der Waals surface area contributed by atoms with Crippen LogP contribution in [0.1, 0.15) is 11.8 Å². The number of hydrogen-bond acceptors (Lipinski definition) is 4. The van der Waals surface area contributed by atoms with Gasteiger partial charge in [0.05, 0.1) is 11.4 Å². The van der Waals surface area contributed by atoms with Crippen molar-refractivity contribution in [3.8, 4) is 0 Å². The second kappa shape index (κ2) is 5.12. The predicted molar refractivity (Wildman–Crippen MR) is 67.0 cm³/mol. The second-order valence-electron chi connectivity index (χ2n) is 4.26. The van der Waals surface area contributed by atoms with Crippen molar-refractivity contribution < 1.29 is 18.6 Å². The SMILES string of the molecule is C=Cc1cn([C@@H]2O[C@H](CCl)[C@@H](O)C2(F)F)c(=O)[nH]c1=O. The zero-order chi connectivity index (χ0) is 15.1.